The van der Waals surface area contributed by atoms with Crippen LogP contribution in [0.1, 0.15) is 40.6 Å². The van der Waals surface area contributed by atoms with E-state index in [0.29, 0.717) is 5.71 Å². The second-order valence-corrected chi connectivity index (χ2v) is 8.28. The highest BCUT2D eigenvalue weighted by molar-refractivity contribution is 7.17. The van der Waals surface area contributed by atoms with Crippen molar-refractivity contribution in [2.24, 2.45) is 0 Å². The largest absolute Gasteiger partial charge is 0.304 e. The van der Waals surface area contributed by atoms with Crippen LogP contribution in [0, 0.1) is 12.3 Å². The van der Waals surface area contributed by atoms with E-state index < -0.39 is 0 Å². The molecule has 3 heterocycles. The van der Waals surface area contributed by atoms with Gasteiger partial charge >= 0.3 is 0 Å². The van der Waals surface area contributed by atoms with Gasteiger partial charge in [-0.2, -0.15) is 5.10 Å². The number of halogens is 1. The summed E-state index contributed by atoms with van der Waals surface area (Å²) >= 11 is 7.68. The van der Waals surface area contributed by atoms with Crippen molar-refractivity contribution in [1.82, 2.24) is 14.6 Å². The van der Waals surface area contributed by atoms with Crippen LogP contribution in [0.3, 0.4) is 0 Å². The average Bonchev–Trinajstić information content (AvgIpc) is 3.24. The summed E-state index contributed by atoms with van der Waals surface area (Å²) in [5.41, 5.74) is 5.99. The second kappa shape index (κ2) is 6.29. The smallest absolute Gasteiger partial charge is 0.128 e. The lowest BCUT2D eigenvalue weighted by atomic mass is 9.84. The topological polar surface area (TPSA) is 54.0 Å². The molecule has 1 atom stereocenters. The standard InChI is InChI=1S/C21H17ClN4S/c1-12-18(17-4-2-3-11-26(17)25-12)21-24-19-15(9-10-16(23)20(19)27-21)13-5-7-14(22)8-6-13/h2-8,11,15,23H,9-10H2,1H3. The van der Waals surface area contributed by atoms with Crippen LogP contribution in [-0.2, 0) is 0 Å². The number of hydrogen-bond acceptors (Lipinski definition) is 4. The molecule has 0 saturated heterocycles. The molecule has 27 heavy (non-hydrogen) atoms. The van der Waals surface area contributed by atoms with Gasteiger partial charge in [0, 0.05) is 17.1 Å². The molecular weight excluding hydrogens is 376 g/mol. The zero-order chi connectivity index (χ0) is 18.5. The van der Waals surface area contributed by atoms with Crippen molar-refractivity contribution in [2.45, 2.75) is 25.7 Å². The predicted octanol–water partition coefficient (Wildman–Crippen LogP) is 5.71. The van der Waals surface area contributed by atoms with Gasteiger partial charge in [0.2, 0.25) is 0 Å². The maximum absolute atomic E-state index is 8.44. The summed E-state index contributed by atoms with van der Waals surface area (Å²) in [6, 6.07) is 14.1. The molecule has 6 heteroatoms. The zero-order valence-corrected chi connectivity index (χ0v) is 16.3. The van der Waals surface area contributed by atoms with Crippen molar-refractivity contribution < 1.29 is 0 Å². The summed E-state index contributed by atoms with van der Waals surface area (Å²) in [7, 11) is 0. The first-order valence-electron chi connectivity index (χ1n) is 8.90. The maximum atomic E-state index is 8.44. The number of fused-ring (bicyclic) bond motifs is 2. The summed E-state index contributed by atoms with van der Waals surface area (Å²) < 4.78 is 1.90. The molecule has 0 aliphatic heterocycles. The molecule has 1 aliphatic carbocycles. The van der Waals surface area contributed by atoms with Gasteiger partial charge in [-0.1, -0.05) is 29.8 Å². The average molecular weight is 393 g/mol. The van der Waals surface area contributed by atoms with Crippen molar-refractivity contribution >= 4 is 34.2 Å². The lowest BCUT2D eigenvalue weighted by molar-refractivity contribution is 0.705. The number of nitrogens with one attached hydrogen (secondary N) is 1. The molecule has 4 aromatic rings. The molecule has 5 rings (SSSR count). The van der Waals surface area contributed by atoms with Gasteiger partial charge in [0.05, 0.1) is 33.1 Å². The van der Waals surface area contributed by atoms with E-state index in [1.807, 2.05) is 41.9 Å². The number of rotatable bonds is 2. The van der Waals surface area contributed by atoms with Gasteiger partial charge in [-0.25, -0.2) is 9.50 Å². The van der Waals surface area contributed by atoms with Crippen molar-refractivity contribution in [3.8, 4) is 10.6 Å². The molecule has 1 aromatic carbocycles. The van der Waals surface area contributed by atoms with E-state index in [0.717, 1.165) is 50.2 Å². The Hall–Kier alpha value is -2.50. The van der Waals surface area contributed by atoms with E-state index in [9.17, 15) is 0 Å². The Morgan fingerprint density at radius 1 is 1.19 bits per heavy atom. The van der Waals surface area contributed by atoms with Crippen LogP contribution in [0.4, 0.5) is 0 Å². The van der Waals surface area contributed by atoms with Crippen LogP contribution in [0.5, 0.6) is 0 Å². The predicted molar refractivity (Wildman–Crippen MR) is 110 cm³/mol. The van der Waals surface area contributed by atoms with E-state index in [4.69, 9.17) is 22.0 Å². The van der Waals surface area contributed by atoms with Gasteiger partial charge in [0.15, 0.2) is 0 Å². The third-order valence-corrected chi connectivity index (χ3v) is 6.54. The fraction of sp³-hybridized carbons (Fsp3) is 0.190. The third-order valence-electron chi connectivity index (χ3n) is 5.14. The SMILES string of the molecule is Cc1nn2ccccc2c1-c1nc2c(s1)C(=N)CCC2c1ccc(Cl)cc1. The molecule has 3 aromatic heterocycles. The molecule has 0 fully saturated rings. The molecule has 0 saturated carbocycles. The molecule has 0 amide bonds. The number of nitrogens with zero attached hydrogens (tertiary/aromatic N) is 3. The van der Waals surface area contributed by atoms with Gasteiger partial charge < -0.3 is 5.41 Å². The highest BCUT2D eigenvalue weighted by atomic mass is 35.5. The van der Waals surface area contributed by atoms with Gasteiger partial charge in [-0.3, -0.25) is 0 Å². The first-order valence-corrected chi connectivity index (χ1v) is 10.1. The summed E-state index contributed by atoms with van der Waals surface area (Å²) in [6.07, 6.45) is 3.64. The molecule has 1 N–H and O–H groups in total. The van der Waals surface area contributed by atoms with Crippen molar-refractivity contribution in [2.75, 3.05) is 0 Å². The highest BCUT2D eigenvalue weighted by Gasteiger charge is 2.30. The van der Waals surface area contributed by atoms with E-state index in [1.165, 1.54) is 5.56 Å². The summed E-state index contributed by atoms with van der Waals surface area (Å²) in [5, 5.41) is 14.7. The fourth-order valence-electron chi connectivity index (χ4n) is 3.83. The van der Waals surface area contributed by atoms with Crippen LogP contribution in [0.2, 0.25) is 5.02 Å². The Balaban J connectivity index is 1.67. The molecule has 0 spiro atoms. The van der Waals surface area contributed by atoms with Gasteiger partial charge in [0.25, 0.3) is 0 Å². The summed E-state index contributed by atoms with van der Waals surface area (Å²) in [6.45, 7) is 2.02. The first kappa shape index (κ1) is 16.7. The molecule has 1 aliphatic rings. The third kappa shape index (κ3) is 2.69. The Morgan fingerprint density at radius 2 is 2.00 bits per heavy atom. The molecule has 1 unspecified atom stereocenters. The second-order valence-electron chi connectivity index (χ2n) is 6.85. The van der Waals surface area contributed by atoms with Crippen LogP contribution < -0.4 is 0 Å². The van der Waals surface area contributed by atoms with E-state index in [-0.39, 0.29) is 5.92 Å². The number of thiazole rings is 1. The lowest BCUT2D eigenvalue weighted by Crippen LogP contribution is -2.15. The van der Waals surface area contributed by atoms with Crippen molar-refractivity contribution in [3.63, 3.8) is 0 Å². The van der Waals surface area contributed by atoms with Crippen LogP contribution >= 0.6 is 22.9 Å². The van der Waals surface area contributed by atoms with E-state index >= 15 is 0 Å². The van der Waals surface area contributed by atoms with Gasteiger partial charge in [-0.15, -0.1) is 11.3 Å². The molecule has 4 nitrogen and oxygen atoms in total. The quantitative estimate of drug-likeness (QED) is 0.474. The van der Waals surface area contributed by atoms with Crippen LogP contribution in [-0.4, -0.2) is 20.3 Å². The highest BCUT2D eigenvalue weighted by Crippen LogP contribution is 2.42. The minimum absolute atomic E-state index is 0.207. The number of aryl methyl sites for hydroxylation is 1. The first-order chi connectivity index (χ1) is 13.1. The Morgan fingerprint density at radius 3 is 2.81 bits per heavy atom. The molecular formula is C21H17ClN4S. The monoisotopic (exact) mass is 392 g/mol. The maximum Gasteiger partial charge on any atom is 0.128 e. The fourth-order valence-corrected chi connectivity index (χ4v) is 5.17. The zero-order valence-electron chi connectivity index (χ0n) is 14.7. The summed E-state index contributed by atoms with van der Waals surface area (Å²) in [5.74, 6) is 0.207. The van der Waals surface area contributed by atoms with Crippen molar-refractivity contribution in [3.05, 3.63) is 75.5 Å². The number of aromatic nitrogens is 3. The van der Waals surface area contributed by atoms with E-state index in [1.54, 1.807) is 11.3 Å². The molecule has 0 bridgehead atoms. The number of hydrogen-bond donors (Lipinski definition) is 1. The number of benzene rings is 1. The van der Waals surface area contributed by atoms with Gasteiger partial charge in [-0.05, 0) is 49.6 Å². The van der Waals surface area contributed by atoms with Crippen LogP contribution in [0.25, 0.3) is 16.1 Å². The lowest BCUT2D eigenvalue weighted by Gasteiger charge is -2.22. The summed E-state index contributed by atoms with van der Waals surface area (Å²) in [4.78, 5) is 6.03. The van der Waals surface area contributed by atoms with E-state index in [2.05, 4.69) is 23.3 Å². The normalized spacial score (nSPS) is 16.7. The van der Waals surface area contributed by atoms with Crippen LogP contribution in [0.15, 0.2) is 48.7 Å². The number of pyridine rings is 1. The van der Waals surface area contributed by atoms with Crippen molar-refractivity contribution in [1.29, 1.82) is 5.41 Å². The molecule has 0 radical (unpaired) electrons. The molecule has 134 valence electrons. The van der Waals surface area contributed by atoms with Gasteiger partial charge in [0.1, 0.15) is 5.01 Å². The Kier molecular flexibility index (Phi) is 3.88. The minimum atomic E-state index is 0.207. The minimum Gasteiger partial charge on any atom is -0.304 e. The Bertz CT molecular complexity index is 1170. The Labute approximate surface area is 166 Å².